The molecule has 0 atom stereocenters. The molecule has 3 heterocycles. The normalized spacial score (nSPS) is 11.3. The molecule has 0 aliphatic rings. The molecule has 0 saturated heterocycles. The molecule has 0 unspecified atom stereocenters. The SMILES string of the molecule is O=c1c2ccccc2nc(SCc2cc(-c3cccs3)on2)n1CCCO. The summed E-state index contributed by atoms with van der Waals surface area (Å²) >= 11 is 3.04. The number of nitrogens with zero attached hydrogens (tertiary/aromatic N) is 3. The summed E-state index contributed by atoms with van der Waals surface area (Å²) in [6, 6.07) is 13.2. The zero-order chi connectivity index (χ0) is 18.6. The summed E-state index contributed by atoms with van der Waals surface area (Å²) in [6.07, 6.45) is 0.500. The number of para-hydroxylation sites is 1. The maximum Gasteiger partial charge on any atom is 0.262 e. The van der Waals surface area contributed by atoms with Gasteiger partial charge in [-0.05, 0) is 30.0 Å². The molecular weight excluding hydrogens is 382 g/mol. The quantitative estimate of drug-likeness (QED) is 0.376. The number of aliphatic hydroxyl groups is 1. The van der Waals surface area contributed by atoms with Crippen molar-refractivity contribution in [2.45, 2.75) is 23.9 Å². The molecule has 27 heavy (non-hydrogen) atoms. The van der Waals surface area contributed by atoms with Crippen LogP contribution in [0.25, 0.3) is 21.5 Å². The molecule has 3 aromatic heterocycles. The predicted molar refractivity (Wildman–Crippen MR) is 107 cm³/mol. The lowest BCUT2D eigenvalue weighted by Gasteiger charge is -2.12. The second-order valence-corrected chi connectivity index (χ2v) is 7.78. The fourth-order valence-electron chi connectivity index (χ4n) is 2.74. The van der Waals surface area contributed by atoms with Crippen molar-refractivity contribution in [1.82, 2.24) is 14.7 Å². The Balaban J connectivity index is 1.61. The van der Waals surface area contributed by atoms with Gasteiger partial charge in [-0.25, -0.2) is 4.98 Å². The zero-order valence-electron chi connectivity index (χ0n) is 14.4. The first-order valence-corrected chi connectivity index (χ1v) is 10.4. The number of benzene rings is 1. The highest BCUT2D eigenvalue weighted by molar-refractivity contribution is 7.98. The lowest BCUT2D eigenvalue weighted by atomic mass is 10.2. The van der Waals surface area contributed by atoms with Gasteiger partial charge in [-0.2, -0.15) is 0 Å². The first kappa shape index (κ1) is 18.0. The first-order chi connectivity index (χ1) is 13.3. The highest BCUT2D eigenvalue weighted by atomic mass is 32.2. The summed E-state index contributed by atoms with van der Waals surface area (Å²) in [5.74, 6) is 1.28. The maximum atomic E-state index is 12.8. The van der Waals surface area contributed by atoms with E-state index in [0.29, 0.717) is 34.8 Å². The van der Waals surface area contributed by atoms with E-state index in [1.165, 1.54) is 11.8 Å². The van der Waals surface area contributed by atoms with Crippen LogP contribution in [0.5, 0.6) is 0 Å². The monoisotopic (exact) mass is 399 g/mol. The van der Waals surface area contributed by atoms with Gasteiger partial charge in [0.25, 0.3) is 5.56 Å². The molecule has 8 heteroatoms. The van der Waals surface area contributed by atoms with Gasteiger partial charge in [-0.15, -0.1) is 11.3 Å². The summed E-state index contributed by atoms with van der Waals surface area (Å²) in [5.41, 5.74) is 1.38. The van der Waals surface area contributed by atoms with E-state index in [1.807, 2.05) is 41.8 Å². The van der Waals surface area contributed by atoms with Gasteiger partial charge in [0.15, 0.2) is 10.9 Å². The average molecular weight is 399 g/mol. The zero-order valence-corrected chi connectivity index (χ0v) is 16.0. The summed E-state index contributed by atoms with van der Waals surface area (Å²) in [6.45, 7) is 0.450. The summed E-state index contributed by atoms with van der Waals surface area (Å²) in [4.78, 5) is 18.5. The molecule has 0 amide bonds. The molecule has 1 aromatic carbocycles. The van der Waals surface area contributed by atoms with E-state index >= 15 is 0 Å². The topological polar surface area (TPSA) is 81.2 Å². The Bertz CT molecular complexity index is 1100. The van der Waals surface area contributed by atoms with Crippen molar-refractivity contribution in [3.63, 3.8) is 0 Å². The highest BCUT2D eigenvalue weighted by Crippen LogP contribution is 2.28. The number of rotatable bonds is 7. The van der Waals surface area contributed by atoms with Crippen molar-refractivity contribution in [2.24, 2.45) is 0 Å². The maximum absolute atomic E-state index is 12.8. The molecule has 1 N–H and O–H groups in total. The van der Waals surface area contributed by atoms with Crippen LogP contribution in [0.3, 0.4) is 0 Å². The van der Waals surface area contributed by atoms with E-state index in [0.717, 1.165) is 16.3 Å². The van der Waals surface area contributed by atoms with Crippen molar-refractivity contribution in [3.8, 4) is 10.6 Å². The van der Waals surface area contributed by atoms with Gasteiger partial charge in [0.1, 0.15) is 0 Å². The minimum absolute atomic E-state index is 0.0246. The van der Waals surface area contributed by atoms with Crippen LogP contribution in [-0.4, -0.2) is 26.4 Å². The number of hydrogen-bond donors (Lipinski definition) is 1. The summed E-state index contributed by atoms with van der Waals surface area (Å²) in [5, 5.41) is 16.5. The van der Waals surface area contributed by atoms with E-state index < -0.39 is 0 Å². The fourth-order valence-corrected chi connectivity index (χ4v) is 4.32. The smallest absolute Gasteiger partial charge is 0.262 e. The van der Waals surface area contributed by atoms with Crippen molar-refractivity contribution in [1.29, 1.82) is 0 Å². The van der Waals surface area contributed by atoms with Crippen LogP contribution in [0.4, 0.5) is 0 Å². The Morgan fingerprint density at radius 2 is 2.11 bits per heavy atom. The van der Waals surface area contributed by atoms with Crippen molar-refractivity contribution in [2.75, 3.05) is 6.61 Å². The summed E-state index contributed by atoms with van der Waals surface area (Å²) in [7, 11) is 0. The van der Waals surface area contributed by atoms with Crippen molar-refractivity contribution >= 4 is 34.0 Å². The van der Waals surface area contributed by atoms with Crippen LogP contribution >= 0.6 is 23.1 Å². The van der Waals surface area contributed by atoms with E-state index in [1.54, 1.807) is 22.0 Å². The van der Waals surface area contributed by atoms with E-state index in [4.69, 9.17) is 9.63 Å². The molecule has 0 saturated carbocycles. The largest absolute Gasteiger partial charge is 0.396 e. The molecule has 0 aliphatic heterocycles. The van der Waals surface area contributed by atoms with Gasteiger partial charge < -0.3 is 9.63 Å². The number of thioether (sulfide) groups is 1. The Morgan fingerprint density at radius 1 is 1.22 bits per heavy atom. The predicted octanol–water partition coefficient (Wildman–Crippen LogP) is 3.79. The molecule has 0 fully saturated rings. The van der Waals surface area contributed by atoms with Crippen LogP contribution in [-0.2, 0) is 12.3 Å². The molecule has 0 spiro atoms. The minimum atomic E-state index is -0.0871. The molecule has 0 aliphatic carbocycles. The molecule has 4 rings (SSSR count). The van der Waals surface area contributed by atoms with E-state index in [2.05, 4.69) is 10.1 Å². The van der Waals surface area contributed by atoms with Gasteiger partial charge in [-0.1, -0.05) is 35.1 Å². The van der Waals surface area contributed by atoms with Crippen LogP contribution in [0.1, 0.15) is 12.1 Å². The standard InChI is InChI=1S/C19H17N3O3S2/c23-9-4-8-22-18(24)14-5-1-2-6-15(14)20-19(22)27-12-13-11-16(25-21-13)17-7-3-10-26-17/h1-3,5-7,10-11,23H,4,8-9,12H2. The Morgan fingerprint density at radius 3 is 2.93 bits per heavy atom. The van der Waals surface area contributed by atoms with Crippen molar-refractivity contribution in [3.05, 3.63) is 63.9 Å². The number of thiophene rings is 1. The number of aromatic nitrogens is 3. The van der Waals surface area contributed by atoms with Crippen LogP contribution < -0.4 is 5.56 Å². The molecule has 138 valence electrons. The molecule has 0 radical (unpaired) electrons. The average Bonchev–Trinajstić information content (AvgIpc) is 3.37. The first-order valence-electron chi connectivity index (χ1n) is 8.49. The number of hydrogen-bond acceptors (Lipinski definition) is 7. The highest BCUT2D eigenvalue weighted by Gasteiger charge is 2.13. The fraction of sp³-hybridized carbons (Fsp3) is 0.211. The van der Waals surface area contributed by atoms with Crippen molar-refractivity contribution < 1.29 is 9.63 Å². The molecule has 0 bridgehead atoms. The Hall–Kier alpha value is -2.42. The van der Waals surface area contributed by atoms with Gasteiger partial charge in [-0.3, -0.25) is 9.36 Å². The third kappa shape index (κ3) is 3.83. The van der Waals surface area contributed by atoms with Gasteiger partial charge >= 0.3 is 0 Å². The molecule has 6 nitrogen and oxygen atoms in total. The molecule has 4 aromatic rings. The van der Waals surface area contributed by atoms with Gasteiger partial charge in [0, 0.05) is 25.0 Å². The minimum Gasteiger partial charge on any atom is -0.396 e. The van der Waals surface area contributed by atoms with E-state index in [9.17, 15) is 4.79 Å². The Kier molecular flexibility index (Phi) is 5.38. The number of aliphatic hydroxyl groups excluding tert-OH is 1. The van der Waals surface area contributed by atoms with Crippen LogP contribution in [0.2, 0.25) is 0 Å². The third-order valence-electron chi connectivity index (χ3n) is 4.04. The van der Waals surface area contributed by atoms with Crippen LogP contribution in [0, 0.1) is 0 Å². The third-order valence-corrected chi connectivity index (χ3v) is 5.93. The van der Waals surface area contributed by atoms with Crippen LogP contribution in [0.15, 0.2) is 62.3 Å². The Labute approximate surface area is 163 Å². The molecular formula is C19H17N3O3S2. The second kappa shape index (κ2) is 8.08. The lowest BCUT2D eigenvalue weighted by Crippen LogP contribution is -2.24. The summed E-state index contributed by atoms with van der Waals surface area (Å²) < 4.78 is 7.04. The van der Waals surface area contributed by atoms with Gasteiger partial charge in [0.2, 0.25) is 0 Å². The van der Waals surface area contributed by atoms with E-state index in [-0.39, 0.29) is 12.2 Å². The second-order valence-electron chi connectivity index (χ2n) is 5.89. The lowest BCUT2D eigenvalue weighted by molar-refractivity contribution is 0.276. The number of fused-ring (bicyclic) bond motifs is 1. The van der Waals surface area contributed by atoms with Gasteiger partial charge in [0.05, 0.1) is 21.5 Å².